The van der Waals surface area contributed by atoms with Crippen molar-refractivity contribution in [1.82, 2.24) is 10.6 Å². The van der Waals surface area contributed by atoms with E-state index in [9.17, 15) is 0 Å². The van der Waals surface area contributed by atoms with Gasteiger partial charge in [0.2, 0.25) is 0 Å². The van der Waals surface area contributed by atoms with E-state index in [0.717, 1.165) is 63.5 Å². The minimum absolute atomic E-state index is 0.311. The highest BCUT2D eigenvalue weighted by Crippen LogP contribution is 2.27. The summed E-state index contributed by atoms with van der Waals surface area (Å²) in [5, 5.41) is 6.84. The lowest BCUT2D eigenvalue weighted by atomic mass is 9.82. The maximum Gasteiger partial charge on any atom is 0.190 e. The van der Waals surface area contributed by atoms with Crippen LogP contribution in [0.2, 0.25) is 0 Å². The van der Waals surface area contributed by atoms with Gasteiger partial charge in [-0.1, -0.05) is 19.8 Å². The van der Waals surface area contributed by atoms with Gasteiger partial charge in [-0.2, -0.15) is 0 Å². The molecule has 1 saturated carbocycles. The minimum Gasteiger partial charge on any atom is -0.379 e. The van der Waals surface area contributed by atoms with Gasteiger partial charge in [-0.3, -0.25) is 4.99 Å². The van der Waals surface area contributed by atoms with Crippen molar-refractivity contribution >= 4 is 5.96 Å². The van der Waals surface area contributed by atoms with Gasteiger partial charge in [-0.05, 0) is 37.5 Å². The number of ether oxygens (including phenoxy) is 2. The smallest absolute Gasteiger partial charge is 0.190 e. The Morgan fingerprint density at radius 2 is 2.18 bits per heavy atom. The molecular formula is C17H33N3O2. The van der Waals surface area contributed by atoms with Crippen molar-refractivity contribution in [2.24, 2.45) is 16.8 Å². The van der Waals surface area contributed by atoms with Crippen molar-refractivity contribution < 1.29 is 9.47 Å². The topological polar surface area (TPSA) is 54.9 Å². The third-order valence-corrected chi connectivity index (χ3v) is 4.68. The SMILES string of the molecule is CN=C(NCCCOC1CCOC1)NCC1CCCC(C)C1. The Morgan fingerprint density at radius 3 is 2.91 bits per heavy atom. The molecule has 1 saturated heterocycles. The third kappa shape index (κ3) is 6.53. The van der Waals surface area contributed by atoms with E-state index in [0.29, 0.717) is 6.10 Å². The normalized spacial score (nSPS) is 29.5. The van der Waals surface area contributed by atoms with Gasteiger partial charge >= 0.3 is 0 Å². The van der Waals surface area contributed by atoms with Crippen LogP contribution in [0.15, 0.2) is 4.99 Å². The van der Waals surface area contributed by atoms with E-state index >= 15 is 0 Å². The highest BCUT2D eigenvalue weighted by molar-refractivity contribution is 5.79. The van der Waals surface area contributed by atoms with Crippen molar-refractivity contribution in [3.63, 3.8) is 0 Å². The van der Waals surface area contributed by atoms with Crippen LogP contribution < -0.4 is 10.6 Å². The first kappa shape index (κ1) is 17.5. The van der Waals surface area contributed by atoms with Gasteiger partial charge in [0.25, 0.3) is 0 Å². The van der Waals surface area contributed by atoms with Crippen LogP contribution in [0.4, 0.5) is 0 Å². The molecule has 2 N–H and O–H groups in total. The number of aliphatic imine (C=N–C) groups is 1. The Labute approximate surface area is 135 Å². The maximum atomic E-state index is 5.76. The second-order valence-electron chi connectivity index (χ2n) is 6.73. The Kier molecular flexibility index (Phi) is 8.02. The summed E-state index contributed by atoms with van der Waals surface area (Å²) in [6, 6.07) is 0. The van der Waals surface area contributed by atoms with E-state index in [1.54, 1.807) is 0 Å². The van der Waals surface area contributed by atoms with E-state index in [-0.39, 0.29) is 0 Å². The molecule has 3 atom stereocenters. The van der Waals surface area contributed by atoms with E-state index in [4.69, 9.17) is 9.47 Å². The van der Waals surface area contributed by atoms with Crippen molar-refractivity contribution in [3.8, 4) is 0 Å². The first-order valence-electron chi connectivity index (χ1n) is 8.91. The molecule has 1 heterocycles. The summed E-state index contributed by atoms with van der Waals surface area (Å²) >= 11 is 0. The van der Waals surface area contributed by atoms with E-state index in [1.807, 2.05) is 7.05 Å². The van der Waals surface area contributed by atoms with Gasteiger partial charge < -0.3 is 20.1 Å². The van der Waals surface area contributed by atoms with Crippen LogP contribution in [0.5, 0.6) is 0 Å². The quantitative estimate of drug-likeness (QED) is 0.430. The zero-order valence-electron chi connectivity index (χ0n) is 14.3. The molecule has 3 unspecified atom stereocenters. The van der Waals surface area contributed by atoms with Crippen LogP contribution in [0.25, 0.3) is 0 Å². The fraction of sp³-hybridized carbons (Fsp3) is 0.941. The second kappa shape index (κ2) is 10.1. The lowest BCUT2D eigenvalue weighted by molar-refractivity contribution is 0.0420. The molecule has 0 bridgehead atoms. The van der Waals surface area contributed by atoms with Crippen molar-refractivity contribution in [2.45, 2.75) is 51.6 Å². The molecule has 2 rings (SSSR count). The first-order valence-corrected chi connectivity index (χ1v) is 8.91. The molecule has 2 fully saturated rings. The van der Waals surface area contributed by atoms with Crippen LogP contribution in [0, 0.1) is 11.8 Å². The van der Waals surface area contributed by atoms with Gasteiger partial charge in [0.1, 0.15) is 0 Å². The fourth-order valence-electron chi connectivity index (χ4n) is 3.38. The lowest BCUT2D eigenvalue weighted by Crippen LogP contribution is -2.41. The van der Waals surface area contributed by atoms with Gasteiger partial charge in [0.05, 0.1) is 12.7 Å². The molecule has 128 valence electrons. The van der Waals surface area contributed by atoms with Gasteiger partial charge in [0, 0.05) is 33.4 Å². The zero-order chi connectivity index (χ0) is 15.6. The minimum atomic E-state index is 0.311. The van der Waals surface area contributed by atoms with Crippen LogP contribution in [-0.4, -0.2) is 52.0 Å². The maximum absolute atomic E-state index is 5.76. The molecule has 0 spiro atoms. The predicted molar refractivity (Wildman–Crippen MR) is 90.3 cm³/mol. The number of hydrogen-bond donors (Lipinski definition) is 2. The highest BCUT2D eigenvalue weighted by atomic mass is 16.5. The van der Waals surface area contributed by atoms with Crippen molar-refractivity contribution in [2.75, 3.05) is 40.0 Å². The molecular weight excluding hydrogens is 278 g/mol. The summed E-state index contributed by atoms with van der Waals surface area (Å²) in [5.41, 5.74) is 0. The molecule has 0 amide bonds. The standard InChI is InChI=1S/C17H33N3O2/c1-14-5-3-6-15(11-14)12-20-17(18-2)19-8-4-9-22-16-7-10-21-13-16/h14-16H,3-13H2,1-2H3,(H2,18,19,20). The Balaban J connectivity index is 1.51. The van der Waals surface area contributed by atoms with Crippen LogP contribution in [0.1, 0.15) is 45.4 Å². The summed E-state index contributed by atoms with van der Waals surface area (Å²) < 4.78 is 11.1. The summed E-state index contributed by atoms with van der Waals surface area (Å²) in [6.45, 7) is 6.71. The van der Waals surface area contributed by atoms with Crippen molar-refractivity contribution in [3.05, 3.63) is 0 Å². The molecule has 0 aromatic rings. The van der Waals surface area contributed by atoms with Gasteiger partial charge in [-0.15, -0.1) is 0 Å². The van der Waals surface area contributed by atoms with Gasteiger partial charge in [0.15, 0.2) is 5.96 Å². The summed E-state index contributed by atoms with van der Waals surface area (Å²) in [6.07, 6.45) is 7.82. The zero-order valence-corrected chi connectivity index (χ0v) is 14.3. The number of rotatable bonds is 7. The largest absolute Gasteiger partial charge is 0.379 e. The van der Waals surface area contributed by atoms with E-state index in [2.05, 4.69) is 22.5 Å². The molecule has 22 heavy (non-hydrogen) atoms. The van der Waals surface area contributed by atoms with Crippen LogP contribution in [0.3, 0.4) is 0 Å². The Hall–Kier alpha value is -0.810. The summed E-state index contributed by atoms with van der Waals surface area (Å²) in [7, 11) is 1.84. The summed E-state index contributed by atoms with van der Waals surface area (Å²) in [5.74, 6) is 2.60. The molecule has 0 aromatic heterocycles. The molecule has 0 radical (unpaired) electrons. The second-order valence-corrected chi connectivity index (χ2v) is 6.73. The molecule has 2 aliphatic rings. The highest BCUT2D eigenvalue weighted by Gasteiger charge is 2.19. The first-order chi connectivity index (χ1) is 10.8. The average molecular weight is 311 g/mol. The van der Waals surface area contributed by atoms with Gasteiger partial charge in [-0.25, -0.2) is 0 Å². The molecule has 0 aromatic carbocycles. The number of guanidine groups is 1. The number of hydrogen-bond acceptors (Lipinski definition) is 3. The molecule has 1 aliphatic carbocycles. The molecule has 1 aliphatic heterocycles. The van der Waals surface area contributed by atoms with Crippen LogP contribution >= 0.6 is 0 Å². The Bertz CT molecular complexity index is 330. The van der Waals surface area contributed by atoms with Crippen LogP contribution in [-0.2, 0) is 9.47 Å². The van der Waals surface area contributed by atoms with E-state index in [1.165, 1.54) is 25.7 Å². The average Bonchev–Trinajstić information content (AvgIpc) is 3.03. The Morgan fingerprint density at radius 1 is 1.27 bits per heavy atom. The monoisotopic (exact) mass is 311 g/mol. The predicted octanol–water partition coefficient (Wildman–Crippen LogP) is 2.17. The number of nitrogens with one attached hydrogen (secondary N) is 2. The summed E-state index contributed by atoms with van der Waals surface area (Å²) in [4.78, 5) is 4.30. The fourth-order valence-corrected chi connectivity index (χ4v) is 3.38. The number of nitrogens with zero attached hydrogens (tertiary/aromatic N) is 1. The third-order valence-electron chi connectivity index (χ3n) is 4.68. The van der Waals surface area contributed by atoms with E-state index < -0.39 is 0 Å². The van der Waals surface area contributed by atoms with Crippen molar-refractivity contribution in [1.29, 1.82) is 0 Å². The molecule has 5 nitrogen and oxygen atoms in total. The lowest BCUT2D eigenvalue weighted by Gasteiger charge is -2.27. The molecule has 5 heteroatoms.